The van der Waals surface area contributed by atoms with Gasteiger partial charge >= 0.3 is 0 Å². The van der Waals surface area contributed by atoms with Gasteiger partial charge < -0.3 is 30.2 Å². The number of aromatic hydroxyl groups is 2. The van der Waals surface area contributed by atoms with Gasteiger partial charge in [-0.05, 0) is 17.7 Å². The molecule has 1 aromatic heterocycles. The highest BCUT2D eigenvalue weighted by atomic mass is 16.5. The van der Waals surface area contributed by atoms with Crippen LogP contribution in [0.15, 0.2) is 44.9 Å². The Labute approximate surface area is 135 Å². The molecular weight excluding hydrogens is 316 g/mol. The minimum Gasteiger partial charge on any atom is -0.504 e. The van der Waals surface area contributed by atoms with Crippen molar-refractivity contribution in [1.82, 2.24) is 0 Å². The molecule has 8 nitrogen and oxygen atoms in total. The first kappa shape index (κ1) is 15.5. The highest BCUT2D eigenvalue weighted by Gasteiger charge is 2.35. The summed E-state index contributed by atoms with van der Waals surface area (Å²) in [7, 11) is 0. The quantitative estimate of drug-likeness (QED) is 0.590. The summed E-state index contributed by atoms with van der Waals surface area (Å²) < 4.78 is 10.7. The third-order valence-corrected chi connectivity index (χ3v) is 3.62. The molecule has 3 rings (SSSR count). The number of aliphatic hydroxyl groups is 1. The third kappa shape index (κ3) is 2.33. The SMILES string of the molecule is N#CC1=C(N)Oc2c(oc(CO)cc2=O)C1c1ccc(O)c(O)c1. The summed E-state index contributed by atoms with van der Waals surface area (Å²) in [6.45, 7) is -0.517. The molecule has 0 spiro atoms. The van der Waals surface area contributed by atoms with Crippen LogP contribution in [0.4, 0.5) is 0 Å². The highest BCUT2D eigenvalue weighted by molar-refractivity contribution is 5.54. The summed E-state index contributed by atoms with van der Waals surface area (Å²) in [4.78, 5) is 12.1. The van der Waals surface area contributed by atoms with Gasteiger partial charge in [-0.1, -0.05) is 6.07 Å². The van der Waals surface area contributed by atoms with Crippen LogP contribution < -0.4 is 15.9 Å². The first-order chi connectivity index (χ1) is 11.5. The Morgan fingerprint density at radius 3 is 2.62 bits per heavy atom. The maximum atomic E-state index is 12.1. The van der Waals surface area contributed by atoms with E-state index in [2.05, 4.69) is 0 Å². The van der Waals surface area contributed by atoms with Crippen LogP contribution in [0.1, 0.15) is 23.0 Å². The Bertz CT molecular complexity index is 954. The van der Waals surface area contributed by atoms with Gasteiger partial charge in [-0.2, -0.15) is 5.26 Å². The Balaban J connectivity index is 2.30. The van der Waals surface area contributed by atoms with Gasteiger partial charge in [-0.3, -0.25) is 4.79 Å². The molecule has 24 heavy (non-hydrogen) atoms. The summed E-state index contributed by atoms with van der Waals surface area (Å²) >= 11 is 0. The lowest BCUT2D eigenvalue weighted by atomic mass is 9.87. The summed E-state index contributed by atoms with van der Waals surface area (Å²) in [5.41, 5.74) is 5.50. The molecular formula is C16H12N2O6. The van der Waals surface area contributed by atoms with Crippen molar-refractivity contribution in [2.24, 2.45) is 5.73 Å². The van der Waals surface area contributed by atoms with Gasteiger partial charge in [0.1, 0.15) is 24.0 Å². The first-order valence-electron chi connectivity index (χ1n) is 6.83. The van der Waals surface area contributed by atoms with E-state index in [4.69, 9.17) is 14.9 Å². The summed E-state index contributed by atoms with van der Waals surface area (Å²) in [5.74, 6) is -2.14. The topological polar surface area (TPSA) is 150 Å². The van der Waals surface area contributed by atoms with Crippen molar-refractivity contribution in [1.29, 1.82) is 5.26 Å². The number of phenols is 2. The first-order valence-corrected chi connectivity index (χ1v) is 6.83. The maximum Gasteiger partial charge on any atom is 0.228 e. The summed E-state index contributed by atoms with van der Waals surface area (Å²) in [6, 6.07) is 6.87. The molecule has 2 aromatic rings. The lowest BCUT2D eigenvalue weighted by Crippen LogP contribution is -2.25. The molecule has 0 fully saturated rings. The minimum atomic E-state index is -0.926. The zero-order chi connectivity index (χ0) is 17.4. The van der Waals surface area contributed by atoms with Crippen LogP contribution >= 0.6 is 0 Å². The number of rotatable bonds is 2. The van der Waals surface area contributed by atoms with Gasteiger partial charge in [0.2, 0.25) is 17.1 Å². The molecule has 2 heterocycles. The number of fused-ring (bicyclic) bond motifs is 1. The number of nitriles is 1. The second-order valence-electron chi connectivity index (χ2n) is 5.10. The van der Waals surface area contributed by atoms with Gasteiger partial charge in [-0.15, -0.1) is 0 Å². The van der Waals surface area contributed by atoms with Gasteiger partial charge in [0.25, 0.3) is 0 Å². The van der Waals surface area contributed by atoms with E-state index in [-0.39, 0.29) is 34.5 Å². The molecule has 1 aliphatic heterocycles. The zero-order valence-electron chi connectivity index (χ0n) is 12.2. The van der Waals surface area contributed by atoms with Crippen molar-refractivity contribution < 1.29 is 24.5 Å². The van der Waals surface area contributed by atoms with Crippen molar-refractivity contribution >= 4 is 0 Å². The number of hydrogen-bond acceptors (Lipinski definition) is 8. The molecule has 8 heteroatoms. The molecule has 1 atom stereocenters. The van der Waals surface area contributed by atoms with E-state index >= 15 is 0 Å². The van der Waals surface area contributed by atoms with E-state index in [1.165, 1.54) is 18.2 Å². The fourth-order valence-electron chi connectivity index (χ4n) is 2.51. The average Bonchev–Trinajstić information content (AvgIpc) is 2.56. The van der Waals surface area contributed by atoms with E-state index in [1.807, 2.05) is 6.07 Å². The van der Waals surface area contributed by atoms with Gasteiger partial charge in [0.15, 0.2) is 17.3 Å². The van der Waals surface area contributed by atoms with Crippen LogP contribution in [-0.4, -0.2) is 15.3 Å². The molecule has 0 amide bonds. The van der Waals surface area contributed by atoms with E-state index in [9.17, 15) is 25.4 Å². The Morgan fingerprint density at radius 1 is 1.25 bits per heavy atom. The molecule has 1 aromatic carbocycles. The number of hydrogen-bond donors (Lipinski definition) is 4. The van der Waals surface area contributed by atoms with E-state index in [1.54, 1.807) is 0 Å². The maximum absolute atomic E-state index is 12.1. The number of phenolic OH excluding ortho intramolecular Hbond substituents is 2. The third-order valence-electron chi connectivity index (χ3n) is 3.62. The number of ether oxygens (including phenoxy) is 1. The van der Waals surface area contributed by atoms with Crippen molar-refractivity contribution in [3.63, 3.8) is 0 Å². The van der Waals surface area contributed by atoms with E-state index < -0.39 is 23.7 Å². The molecule has 0 radical (unpaired) electrons. The Morgan fingerprint density at radius 2 is 2.00 bits per heavy atom. The molecule has 122 valence electrons. The Hall–Kier alpha value is -3.44. The summed E-state index contributed by atoms with van der Waals surface area (Å²) in [5, 5.41) is 37.8. The summed E-state index contributed by atoms with van der Waals surface area (Å²) in [6.07, 6.45) is 0. The monoisotopic (exact) mass is 328 g/mol. The second-order valence-corrected chi connectivity index (χ2v) is 5.10. The normalized spacial score (nSPS) is 16.2. The minimum absolute atomic E-state index is 0.00638. The molecule has 0 saturated heterocycles. The lowest BCUT2D eigenvalue weighted by Gasteiger charge is -2.24. The zero-order valence-corrected chi connectivity index (χ0v) is 12.2. The number of aliphatic hydroxyl groups excluding tert-OH is 1. The van der Waals surface area contributed by atoms with Crippen molar-refractivity contribution in [3.8, 4) is 23.3 Å². The molecule has 5 N–H and O–H groups in total. The fraction of sp³-hybridized carbons (Fsp3) is 0.125. The van der Waals surface area contributed by atoms with Crippen LogP contribution in [0.3, 0.4) is 0 Å². The van der Waals surface area contributed by atoms with Gasteiger partial charge in [0, 0.05) is 6.07 Å². The largest absolute Gasteiger partial charge is 0.504 e. The number of benzene rings is 1. The molecule has 1 unspecified atom stereocenters. The van der Waals surface area contributed by atoms with Gasteiger partial charge in [-0.25, -0.2) is 0 Å². The van der Waals surface area contributed by atoms with E-state index in [0.717, 1.165) is 6.07 Å². The Kier molecular flexibility index (Phi) is 3.63. The number of nitrogens with zero attached hydrogens (tertiary/aromatic N) is 1. The van der Waals surface area contributed by atoms with E-state index in [0.29, 0.717) is 5.56 Å². The lowest BCUT2D eigenvalue weighted by molar-refractivity contribution is 0.231. The molecule has 1 aliphatic rings. The van der Waals surface area contributed by atoms with Crippen molar-refractivity contribution in [2.45, 2.75) is 12.5 Å². The second kappa shape index (κ2) is 5.64. The van der Waals surface area contributed by atoms with Crippen LogP contribution in [0.2, 0.25) is 0 Å². The molecule has 0 bridgehead atoms. The predicted octanol–water partition coefficient (Wildman–Crippen LogP) is 0.761. The van der Waals surface area contributed by atoms with Crippen molar-refractivity contribution in [3.05, 3.63) is 63.0 Å². The number of nitrogens with two attached hydrogens (primary N) is 1. The smallest absolute Gasteiger partial charge is 0.228 e. The van der Waals surface area contributed by atoms with Crippen LogP contribution in [-0.2, 0) is 6.61 Å². The molecule has 0 aliphatic carbocycles. The highest BCUT2D eigenvalue weighted by Crippen LogP contribution is 2.42. The van der Waals surface area contributed by atoms with Crippen LogP contribution in [0.25, 0.3) is 0 Å². The van der Waals surface area contributed by atoms with Crippen LogP contribution in [0.5, 0.6) is 17.2 Å². The predicted molar refractivity (Wildman–Crippen MR) is 80.0 cm³/mol. The standard InChI is InChI=1S/C16H12N2O6/c17-5-9-13(7-1-2-10(20)11(21)3-7)15-14(24-16(9)18)12(22)4-8(6-19)23-15/h1-4,13,19-21H,6,18H2. The number of allylic oxidation sites excluding steroid dienone is 1. The van der Waals surface area contributed by atoms with Gasteiger partial charge in [0.05, 0.1) is 5.92 Å². The van der Waals surface area contributed by atoms with Crippen LogP contribution in [0, 0.1) is 11.3 Å². The fourth-order valence-corrected chi connectivity index (χ4v) is 2.51. The van der Waals surface area contributed by atoms with Crippen molar-refractivity contribution in [2.75, 3.05) is 0 Å². The average molecular weight is 328 g/mol. The molecule has 0 saturated carbocycles.